The molecule has 3 N–H and O–H groups in total. The average molecular weight is 264 g/mol. The van der Waals surface area contributed by atoms with Gasteiger partial charge in [-0.05, 0) is 18.9 Å². The third kappa shape index (κ3) is 2.83. The van der Waals surface area contributed by atoms with Crippen LogP contribution in [-0.2, 0) is 4.79 Å². The standard InChI is InChI=1S/C13H16N2O4/c16-10-6-9(7-14-8-10)11(17)15-13(12(18)19)4-2-1-3-5-13/h6-8,16H,1-5H2,(H,15,17)(H,18,19). The van der Waals surface area contributed by atoms with E-state index < -0.39 is 17.4 Å². The van der Waals surface area contributed by atoms with Crippen LogP contribution >= 0.6 is 0 Å². The Morgan fingerprint density at radius 1 is 1.21 bits per heavy atom. The fourth-order valence-electron chi connectivity index (χ4n) is 2.39. The van der Waals surface area contributed by atoms with Crippen molar-refractivity contribution in [2.24, 2.45) is 0 Å². The van der Waals surface area contributed by atoms with Crippen molar-refractivity contribution in [2.45, 2.75) is 37.6 Å². The highest BCUT2D eigenvalue weighted by molar-refractivity contribution is 5.97. The van der Waals surface area contributed by atoms with E-state index in [-0.39, 0.29) is 11.3 Å². The molecule has 1 aromatic heterocycles. The summed E-state index contributed by atoms with van der Waals surface area (Å²) < 4.78 is 0. The topological polar surface area (TPSA) is 99.5 Å². The highest BCUT2D eigenvalue weighted by Gasteiger charge is 2.41. The van der Waals surface area contributed by atoms with Crippen LogP contribution in [-0.4, -0.2) is 32.6 Å². The first kappa shape index (κ1) is 13.3. The van der Waals surface area contributed by atoms with Gasteiger partial charge in [-0.1, -0.05) is 19.3 Å². The second kappa shape index (κ2) is 5.26. The summed E-state index contributed by atoms with van der Waals surface area (Å²) in [5.41, 5.74) is -1.04. The quantitative estimate of drug-likeness (QED) is 0.764. The zero-order valence-corrected chi connectivity index (χ0v) is 10.4. The van der Waals surface area contributed by atoms with E-state index in [1.54, 1.807) is 0 Å². The number of hydrogen-bond donors (Lipinski definition) is 3. The molecule has 1 aliphatic carbocycles. The molecule has 0 spiro atoms. The molecule has 1 heterocycles. The van der Waals surface area contributed by atoms with Gasteiger partial charge in [0, 0.05) is 6.20 Å². The van der Waals surface area contributed by atoms with E-state index in [1.165, 1.54) is 18.5 Å². The lowest BCUT2D eigenvalue weighted by molar-refractivity contribution is -0.145. The number of amides is 1. The summed E-state index contributed by atoms with van der Waals surface area (Å²) in [7, 11) is 0. The fraction of sp³-hybridized carbons (Fsp3) is 0.462. The van der Waals surface area contributed by atoms with Crippen LogP contribution in [0.5, 0.6) is 5.75 Å². The molecule has 6 heteroatoms. The fourth-order valence-corrected chi connectivity index (χ4v) is 2.39. The Kier molecular flexibility index (Phi) is 3.69. The molecule has 102 valence electrons. The molecule has 1 amide bonds. The second-order valence-electron chi connectivity index (χ2n) is 4.83. The van der Waals surface area contributed by atoms with E-state index in [1.807, 2.05) is 0 Å². The summed E-state index contributed by atoms with van der Waals surface area (Å²) >= 11 is 0. The van der Waals surface area contributed by atoms with Crippen molar-refractivity contribution >= 4 is 11.9 Å². The van der Waals surface area contributed by atoms with Gasteiger partial charge in [-0.15, -0.1) is 0 Å². The maximum Gasteiger partial charge on any atom is 0.329 e. The van der Waals surface area contributed by atoms with Gasteiger partial charge >= 0.3 is 5.97 Å². The van der Waals surface area contributed by atoms with Gasteiger partial charge in [0.1, 0.15) is 11.3 Å². The minimum Gasteiger partial charge on any atom is -0.506 e. The van der Waals surface area contributed by atoms with Crippen LogP contribution in [0.1, 0.15) is 42.5 Å². The van der Waals surface area contributed by atoms with Gasteiger partial charge < -0.3 is 15.5 Å². The van der Waals surface area contributed by atoms with Gasteiger partial charge in [0.05, 0.1) is 11.8 Å². The van der Waals surface area contributed by atoms with Gasteiger partial charge in [0.2, 0.25) is 0 Å². The summed E-state index contributed by atoms with van der Waals surface area (Å²) in [6.07, 6.45) is 5.92. The Bertz CT molecular complexity index is 495. The predicted molar refractivity (Wildman–Crippen MR) is 66.8 cm³/mol. The lowest BCUT2D eigenvalue weighted by atomic mass is 9.81. The van der Waals surface area contributed by atoms with E-state index in [0.717, 1.165) is 19.3 Å². The maximum absolute atomic E-state index is 12.0. The molecule has 19 heavy (non-hydrogen) atoms. The average Bonchev–Trinajstić information content (AvgIpc) is 2.39. The smallest absolute Gasteiger partial charge is 0.329 e. The third-order valence-corrected chi connectivity index (χ3v) is 3.46. The van der Waals surface area contributed by atoms with E-state index in [2.05, 4.69) is 10.3 Å². The number of nitrogens with one attached hydrogen (secondary N) is 1. The van der Waals surface area contributed by atoms with Crippen molar-refractivity contribution in [3.8, 4) is 5.75 Å². The number of carbonyl (C=O) groups is 2. The zero-order valence-electron chi connectivity index (χ0n) is 10.4. The molecule has 1 saturated carbocycles. The van der Waals surface area contributed by atoms with Crippen molar-refractivity contribution in [2.75, 3.05) is 0 Å². The Morgan fingerprint density at radius 2 is 1.89 bits per heavy atom. The molecule has 6 nitrogen and oxygen atoms in total. The van der Waals surface area contributed by atoms with Crippen molar-refractivity contribution < 1.29 is 19.8 Å². The number of aromatic hydroxyl groups is 1. The van der Waals surface area contributed by atoms with E-state index in [9.17, 15) is 19.8 Å². The number of aliphatic carboxylic acids is 1. The number of aromatic nitrogens is 1. The summed E-state index contributed by atoms with van der Waals surface area (Å²) in [6, 6.07) is 1.26. The molecular weight excluding hydrogens is 248 g/mol. The predicted octanol–water partition coefficient (Wildman–Crippen LogP) is 1.30. The molecule has 1 aromatic rings. The van der Waals surface area contributed by atoms with Gasteiger partial charge in [-0.25, -0.2) is 4.79 Å². The van der Waals surface area contributed by atoms with Crippen molar-refractivity contribution in [1.29, 1.82) is 0 Å². The zero-order chi connectivity index (χ0) is 13.9. The molecule has 0 radical (unpaired) electrons. The lowest BCUT2D eigenvalue weighted by Crippen LogP contribution is -2.55. The van der Waals surface area contributed by atoms with E-state index in [0.29, 0.717) is 12.8 Å². The molecule has 2 rings (SSSR count). The van der Waals surface area contributed by atoms with E-state index in [4.69, 9.17) is 0 Å². The Labute approximate surface area is 110 Å². The molecule has 0 atom stereocenters. The van der Waals surface area contributed by atoms with Gasteiger partial charge in [-0.3, -0.25) is 9.78 Å². The number of pyridine rings is 1. The van der Waals surface area contributed by atoms with Gasteiger partial charge in [0.25, 0.3) is 5.91 Å². The first-order valence-corrected chi connectivity index (χ1v) is 6.23. The first-order valence-electron chi connectivity index (χ1n) is 6.23. The van der Waals surface area contributed by atoms with Crippen molar-refractivity contribution in [3.63, 3.8) is 0 Å². The highest BCUT2D eigenvalue weighted by Crippen LogP contribution is 2.29. The first-order chi connectivity index (χ1) is 9.03. The number of carboxylic acid groups (broad SMARTS) is 1. The van der Waals surface area contributed by atoms with Crippen LogP contribution in [0.3, 0.4) is 0 Å². The van der Waals surface area contributed by atoms with Crippen LogP contribution in [0, 0.1) is 0 Å². The summed E-state index contributed by atoms with van der Waals surface area (Å²) in [4.78, 5) is 27.2. The van der Waals surface area contributed by atoms with Crippen LogP contribution in [0.15, 0.2) is 18.5 Å². The van der Waals surface area contributed by atoms with Crippen molar-refractivity contribution in [3.05, 3.63) is 24.0 Å². The number of rotatable bonds is 3. The minimum atomic E-state index is -1.19. The highest BCUT2D eigenvalue weighted by atomic mass is 16.4. The molecule has 0 bridgehead atoms. The van der Waals surface area contributed by atoms with Crippen LogP contribution in [0.2, 0.25) is 0 Å². The Morgan fingerprint density at radius 3 is 2.47 bits per heavy atom. The molecule has 1 fully saturated rings. The normalized spacial score (nSPS) is 17.7. The SMILES string of the molecule is O=C(NC1(C(=O)O)CCCCC1)c1cncc(O)c1. The number of carbonyl (C=O) groups excluding carboxylic acids is 1. The van der Waals surface area contributed by atoms with Crippen LogP contribution in [0.25, 0.3) is 0 Å². The molecule has 1 aliphatic rings. The van der Waals surface area contributed by atoms with E-state index >= 15 is 0 Å². The minimum absolute atomic E-state index is 0.124. The largest absolute Gasteiger partial charge is 0.506 e. The molecule has 0 saturated heterocycles. The van der Waals surface area contributed by atoms with Gasteiger partial charge in [-0.2, -0.15) is 0 Å². The van der Waals surface area contributed by atoms with Gasteiger partial charge in [0.15, 0.2) is 0 Å². The molecular formula is C13H16N2O4. The summed E-state index contributed by atoms with van der Waals surface area (Å²) in [5.74, 6) is -1.65. The molecule has 0 aliphatic heterocycles. The molecule has 0 aromatic carbocycles. The number of carboxylic acids is 1. The van der Waals surface area contributed by atoms with Crippen molar-refractivity contribution in [1.82, 2.24) is 10.3 Å². The second-order valence-corrected chi connectivity index (χ2v) is 4.83. The van der Waals surface area contributed by atoms with Crippen LogP contribution in [0.4, 0.5) is 0 Å². The summed E-state index contributed by atoms with van der Waals surface area (Å²) in [6.45, 7) is 0. The monoisotopic (exact) mass is 264 g/mol. The molecule has 0 unspecified atom stereocenters. The Balaban J connectivity index is 2.18. The maximum atomic E-state index is 12.0. The summed E-state index contributed by atoms with van der Waals surface area (Å²) in [5, 5.41) is 21.2. The Hall–Kier alpha value is -2.11. The number of hydrogen-bond acceptors (Lipinski definition) is 4. The lowest BCUT2D eigenvalue weighted by Gasteiger charge is -2.33. The van der Waals surface area contributed by atoms with Crippen LogP contribution < -0.4 is 5.32 Å². The third-order valence-electron chi connectivity index (χ3n) is 3.46. The number of nitrogens with zero attached hydrogens (tertiary/aromatic N) is 1.